The zero-order valence-corrected chi connectivity index (χ0v) is 10.6. The highest BCUT2D eigenvalue weighted by molar-refractivity contribution is 9.09. The van der Waals surface area contributed by atoms with Crippen molar-refractivity contribution in [1.82, 2.24) is 0 Å². The zero-order valence-electron chi connectivity index (χ0n) is 8.99. The van der Waals surface area contributed by atoms with E-state index in [1.807, 2.05) is 29.2 Å². The second-order valence-electron chi connectivity index (χ2n) is 3.70. The van der Waals surface area contributed by atoms with Crippen LogP contribution in [0.2, 0.25) is 0 Å². The van der Waals surface area contributed by atoms with Gasteiger partial charge in [-0.15, -0.1) is 0 Å². The Bertz CT molecular complexity index is 381. The molecule has 1 aromatic rings. The first kappa shape index (κ1) is 11.5. The van der Waals surface area contributed by atoms with Gasteiger partial charge in [0.05, 0.1) is 5.69 Å². The Morgan fingerprint density at radius 3 is 2.94 bits per heavy atom. The number of hydrogen-bond acceptors (Lipinski definition) is 2. The summed E-state index contributed by atoms with van der Waals surface area (Å²) in [5.41, 5.74) is 0.897. The predicted molar refractivity (Wildman–Crippen MR) is 67.3 cm³/mol. The first-order valence-electron chi connectivity index (χ1n) is 5.41. The van der Waals surface area contributed by atoms with Crippen LogP contribution in [0.3, 0.4) is 0 Å². The van der Waals surface area contributed by atoms with E-state index in [4.69, 9.17) is 4.74 Å². The van der Waals surface area contributed by atoms with Crippen LogP contribution < -0.4 is 9.64 Å². The summed E-state index contributed by atoms with van der Waals surface area (Å²) in [5, 5.41) is 0.979. The molecule has 0 spiro atoms. The van der Waals surface area contributed by atoms with Gasteiger partial charge in [0.15, 0.2) is 6.61 Å². The summed E-state index contributed by atoms with van der Waals surface area (Å²) >= 11 is 3.39. The Morgan fingerprint density at radius 2 is 2.12 bits per heavy atom. The number of alkyl halides is 1. The summed E-state index contributed by atoms with van der Waals surface area (Å²) in [5.74, 6) is 0.856. The van der Waals surface area contributed by atoms with E-state index in [0.717, 1.165) is 36.2 Å². The minimum absolute atomic E-state index is 0.0493. The number of carbonyl (C=O) groups excluding carboxylic acids is 1. The molecule has 0 saturated heterocycles. The largest absolute Gasteiger partial charge is 0.482 e. The molecule has 4 heteroatoms. The van der Waals surface area contributed by atoms with Crippen LogP contribution in [0.1, 0.15) is 12.8 Å². The van der Waals surface area contributed by atoms with Crippen LogP contribution in [0, 0.1) is 0 Å². The number of benzene rings is 1. The molecule has 0 N–H and O–H groups in total. The molecular weight excluding hydrogens is 270 g/mol. The molecule has 86 valence electrons. The van der Waals surface area contributed by atoms with Crippen molar-refractivity contribution in [2.45, 2.75) is 12.8 Å². The van der Waals surface area contributed by atoms with E-state index in [2.05, 4.69) is 15.9 Å². The summed E-state index contributed by atoms with van der Waals surface area (Å²) in [6, 6.07) is 7.68. The molecule has 0 fully saturated rings. The van der Waals surface area contributed by atoms with Crippen molar-refractivity contribution < 1.29 is 9.53 Å². The van der Waals surface area contributed by atoms with Crippen molar-refractivity contribution in [2.75, 3.05) is 23.4 Å². The molecule has 1 heterocycles. The number of carbonyl (C=O) groups is 1. The van der Waals surface area contributed by atoms with Gasteiger partial charge in [-0.3, -0.25) is 4.79 Å². The number of nitrogens with zero attached hydrogens (tertiary/aromatic N) is 1. The molecule has 1 aromatic carbocycles. The molecule has 1 aliphatic heterocycles. The fraction of sp³-hybridized carbons (Fsp3) is 0.417. The lowest BCUT2D eigenvalue weighted by Gasteiger charge is -2.29. The number of halogens is 1. The maximum absolute atomic E-state index is 11.7. The van der Waals surface area contributed by atoms with Crippen molar-refractivity contribution in [2.24, 2.45) is 0 Å². The molecule has 0 bridgehead atoms. The van der Waals surface area contributed by atoms with Gasteiger partial charge in [-0.2, -0.15) is 0 Å². The van der Waals surface area contributed by atoms with E-state index in [0.29, 0.717) is 0 Å². The van der Waals surface area contributed by atoms with Gasteiger partial charge in [0.1, 0.15) is 5.75 Å². The molecule has 0 aromatic heterocycles. The molecule has 0 saturated carbocycles. The van der Waals surface area contributed by atoms with E-state index in [9.17, 15) is 4.79 Å². The molecule has 3 nitrogen and oxygen atoms in total. The van der Waals surface area contributed by atoms with E-state index in [-0.39, 0.29) is 12.5 Å². The third kappa shape index (κ3) is 2.38. The monoisotopic (exact) mass is 283 g/mol. The van der Waals surface area contributed by atoms with Gasteiger partial charge in [0.2, 0.25) is 0 Å². The maximum atomic E-state index is 11.7. The Morgan fingerprint density at radius 1 is 1.31 bits per heavy atom. The van der Waals surface area contributed by atoms with Crippen LogP contribution in [0.25, 0.3) is 0 Å². The van der Waals surface area contributed by atoms with Gasteiger partial charge in [-0.25, -0.2) is 0 Å². The number of para-hydroxylation sites is 2. The Hall–Kier alpha value is -1.03. The lowest BCUT2D eigenvalue weighted by molar-refractivity contribution is -0.121. The highest BCUT2D eigenvalue weighted by atomic mass is 79.9. The number of hydrogen-bond donors (Lipinski definition) is 0. The quantitative estimate of drug-likeness (QED) is 0.628. The van der Waals surface area contributed by atoms with Crippen molar-refractivity contribution in [3.8, 4) is 5.75 Å². The summed E-state index contributed by atoms with van der Waals surface area (Å²) in [7, 11) is 0. The van der Waals surface area contributed by atoms with E-state index >= 15 is 0 Å². The average Bonchev–Trinajstić information content (AvgIpc) is 2.32. The molecule has 1 amide bonds. The van der Waals surface area contributed by atoms with E-state index in [1.54, 1.807) is 0 Å². The number of anilines is 1. The smallest absolute Gasteiger partial charge is 0.265 e. The van der Waals surface area contributed by atoms with E-state index in [1.165, 1.54) is 0 Å². The second kappa shape index (κ2) is 5.34. The highest BCUT2D eigenvalue weighted by Crippen LogP contribution is 2.31. The molecule has 0 aliphatic carbocycles. The lowest BCUT2D eigenvalue weighted by atomic mass is 10.2. The van der Waals surface area contributed by atoms with Gasteiger partial charge >= 0.3 is 0 Å². The Labute approximate surface area is 104 Å². The maximum Gasteiger partial charge on any atom is 0.265 e. The van der Waals surface area contributed by atoms with Gasteiger partial charge in [0, 0.05) is 11.9 Å². The van der Waals surface area contributed by atoms with Crippen LogP contribution in [-0.2, 0) is 4.79 Å². The number of unbranched alkanes of at least 4 members (excludes halogenated alkanes) is 1. The summed E-state index contributed by atoms with van der Waals surface area (Å²) < 4.78 is 5.37. The molecule has 1 aliphatic rings. The standard InChI is InChI=1S/C12H14BrNO2/c13-7-3-4-8-14-10-5-1-2-6-11(10)16-9-12(14)15/h1-2,5-6H,3-4,7-9H2. The molecular formula is C12H14BrNO2. The summed E-state index contributed by atoms with van der Waals surface area (Å²) in [6.07, 6.45) is 2.08. The number of rotatable bonds is 4. The normalized spacial score (nSPS) is 14.6. The predicted octanol–water partition coefficient (Wildman–Crippen LogP) is 2.59. The minimum Gasteiger partial charge on any atom is -0.482 e. The van der Waals surface area contributed by atoms with Crippen LogP contribution in [0.15, 0.2) is 24.3 Å². The first-order chi connectivity index (χ1) is 7.83. The summed E-state index contributed by atoms with van der Waals surface area (Å²) in [4.78, 5) is 13.6. The zero-order chi connectivity index (χ0) is 11.4. The first-order valence-corrected chi connectivity index (χ1v) is 6.53. The lowest BCUT2D eigenvalue weighted by Crippen LogP contribution is -2.39. The Balaban J connectivity index is 2.13. The van der Waals surface area contributed by atoms with Gasteiger partial charge < -0.3 is 9.64 Å². The third-order valence-corrected chi connectivity index (χ3v) is 3.13. The van der Waals surface area contributed by atoms with Crippen LogP contribution in [-0.4, -0.2) is 24.4 Å². The van der Waals surface area contributed by atoms with Crippen molar-refractivity contribution in [3.05, 3.63) is 24.3 Å². The SMILES string of the molecule is O=C1COc2ccccc2N1CCCCBr. The second-order valence-corrected chi connectivity index (χ2v) is 4.49. The third-order valence-electron chi connectivity index (χ3n) is 2.57. The number of amides is 1. The van der Waals surface area contributed by atoms with Crippen molar-refractivity contribution in [3.63, 3.8) is 0 Å². The fourth-order valence-electron chi connectivity index (χ4n) is 1.76. The van der Waals surface area contributed by atoms with Crippen molar-refractivity contribution >= 4 is 27.5 Å². The molecule has 2 rings (SSSR count). The molecule has 0 atom stereocenters. The summed E-state index contributed by atoms with van der Waals surface area (Å²) in [6.45, 7) is 0.927. The topological polar surface area (TPSA) is 29.5 Å². The number of fused-ring (bicyclic) bond motifs is 1. The van der Waals surface area contributed by atoms with Crippen LogP contribution in [0.4, 0.5) is 5.69 Å². The Kier molecular flexibility index (Phi) is 3.83. The minimum atomic E-state index is 0.0493. The molecule has 16 heavy (non-hydrogen) atoms. The average molecular weight is 284 g/mol. The van der Waals surface area contributed by atoms with Gasteiger partial charge in [-0.05, 0) is 25.0 Å². The molecule has 0 unspecified atom stereocenters. The van der Waals surface area contributed by atoms with Crippen molar-refractivity contribution in [1.29, 1.82) is 0 Å². The van der Waals surface area contributed by atoms with E-state index < -0.39 is 0 Å². The van der Waals surface area contributed by atoms with Gasteiger partial charge in [-0.1, -0.05) is 28.1 Å². The molecule has 0 radical (unpaired) electrons. The van der Waals surface area contributed by atoms with Crippen LogP contribution >= 0.6 is 15.9 Å². The fourth-order valence-corrected chi connectivity index (χ4v) is 2.16. The highest BCUT2D eigenvalue weighted by Gasteiger charge is 2.24. The van der Waals surface area contributed by atoms with Gasteiger partial charge in [0.25, 0.3) is 5.91 Å². The number of ether oxygens (including phenoxy) is 1. The van der Waals surface area contributed by atoms with Crippen LogP contribution in [0.5, 0.6) is 5.75 Å².